The SMILES string of the molecule is CC12CP(c3ccccc3)(c3ccccc3)=Nc3cccc(c3)CN(Cc3cccc(c3)N=P(c3ccccc3)(c3ccccc3)C1)Cc1cccc(c1)N=P(c1ccccc1)(c1ccccc1)C2. The lowest BCUT2D eigenvalue weighted by molar-refractivity contribution is 0.248. The van der Waals surface area contributed by atoms with Crippen LogP contribution in [0.15, 0.2) is 269 Å². The van der Waals surface area contributed by atoms with Crippen molar-refractivity contribution in [3.8, 4) is 0 Å². The third-order valence-corrected chi connectivity index (χ3v) is 26.0. The van der Waals surface area contributed by atoms with Crippen LogP contribution in [0, 0.1) is 5.41 Å². The van der Waals surface area contributed by atoms with Crippen LogP contribution in [-0.4, -0.2) is 23.4 Å². The second-order valence-corrected chi connectivity index (χ2v) is 28.3. The summed E-state index contributed by atoms with van der Waals surface area (Å²) in [6, 6.07) is 95.1. The summed E-state index contributed by atoms with van der Waals surface area (Å²) >= 11 is 0. The van der Waals surface area contributed by atoms with Gasteiger partial charge in [-0.3, -0.25) is 19.1 Å². The summed E-state index contributed by atoms with van der Waals surface area (Å²) < 4.78 is 18.9. The first-order valence-corrected chi connectivity index (χ1v) is 29.8. The van der Waals surface area contributed by atoms with Crippen molar-refractivity contribution in [3.05, 3.63) is 271 Å². The van der Waals surface area contributed by atoms with E-state index in [0.717, 1.165) is 55.2 Å². The molecule has 3 heterocycles. The molecule has 340 valence electrons. The number of rotatable bonds is 6. The van der Waals surface area contributed by atoms with Crippen LogP contribution in [-0.2, 0) is 19.6 Å². The summed E-state index contributed by atoms with van der Waals surface area (Å²) in [7, 11) is -8.14. The van der Waals surface area contributed by atoms with Gasteiger partial charge in [0.05, 0.1) is 17.1 Å². The minimum Gasteiger partial charge on any atom is -0.291 e. The lowest BCUT2D eigenvalue weighted by Crippen LogP contribution is -2.40. The van der Waals surface area contributed by atoms with E-state index in [1.54, 1.807) is 0 Å². The molecule has 0 saturated carbocycles. The zero-order valence-corrected chi connectivity index (χ0v) is 41.8. The Morgan fingerprint density at radius 3 is 0.768 bits per heavy atom. The zero-order valence-electron chi connectivity index (χ0n) is 39.1. The summed E-state index contributed by atoms with van der Waals surface area (Å²) in [5, 5.41) is 7.65. The molecule has 9 aromatic rings. The van der Waals surface area contributed by atoms with Crippen molar-refractivity contribution in [1.82, 2.24) is 4.90 Å². The Bertz CT molecular complexity index is 2890. The second kappa shape index (κ2) is 19.6. The molecule has 0 atom stereocenters. The monoisotopic (exact) mass is 950 g/mol. The van der Waals surface area contributed by atoms with Gasteiger partial charge in [0, 0.05) is 40.8 Å². The maximum atomic E-state index is 6.31. The number of nitrogens with zero attached hydrogens (tertiary/aromatic N) is 4. The fraction of sp³-hybridized carbons (Fsp3) is 0.129. The smallest absolute Gasteiger partial charge is 0.0624 e. The van der Waals surface area contributed by atoms with E-state index in [9.17, 15) is 0 Å². The Morgan fingerprint density at radius 2 is 0.536 bits per heavy atom. The molecule has 0 spiro atoms. The van der Waals surface area contributed by atoms with E-state index in [0.29, 0.717) is 0 Å². The highest BCUT2D eigenvalue weighted by Gasteiger charge is 2.45. The van der Waals surface area contributed by atoms with E-state index >= 15 is 0 Å². The average Bonchev–Trinajstić information content (AvgIpc) is 3.39. The number of hydrogen-bond donors (Lipinski definition) is 0. The maximum Gasteiger partial charge on any atom is 0.0624 e. The lowest BCUT2D eigenvalue weighted by atomic mass is 9.99. The second-order valence-electron chi connectivity index (χ2n) is 19.1. The van der Waals surface area contributed by atoms with Gasteiger partial charge in [-0.1, -0.05) is 225 Å². The molecule has 0 radical (unpaired) electrons. The Balaban J connectivity index is 1.35. The van der Waals surface area contributed by atoms with Gasteiger partial charge in [0.1, 0.15) is 0 Å². The summed E-state index contributed by atoms with van der Waals surface area (Å²) in [6.07, 6.45) is 2.37. The Kier molecular flexibility index (Phi) is 12.8. The summed E-state index contributed by atoms with van der Waals surface area (Å²) in [5.74, 6) is 0. The fourth-order valence-corrected chi connectivity index (χ4v) is 23.9. The molecule has 69 heavy (non-hydrogen) atoms. The van der Waals surface area contributed by atoms with Crippen molar-refractivity contribution in [2.24, 2.45) is 19.6 Å². The van der Waals surface area contributed by atoms with Gasteiger partial charge in [-0.25, -0.2) is 0 Å². The molecule has 4 nitrogen and oxygen atoms in total. The van der Waals surface area contributed by atoms with Crippen LogP contribution in [0.2, 0.25) is 0 Å². The molecule has 0 aromatic heterocycles. The van der Waals surface area contributed by atoms with Crippen LogP contribution < -0.4 is 31.8 Å². The first-order chi connectivity index (χ1) is 33.9. The summed E-state index contributed by atoms with van der Waals surface area (Å²) in [5.41, 5.74) is 6.33. The highest BCUT2D eigenvalue weighted by molar-refractivity contribution is 7.83. The van der Waals surface area contributed by atoms with Gasteiger partial charge in [-0.05, 0) is 109 Å². The van der Waals surface area contributed by atoms with Crippen molar-refractivity contribution in [2.45, 2.75) is 26.6 Å². The number of hydrogen-bond acceptors (Lipinski definition) is 4. The van der Waals surface area contributed by atoms with Gasteiger partial charge >= 0.3 is 0 Å². The molecule has 9 aromatic carbocycles. The minimum absolute atomic E-state index is 0.466. The van der Waals surface area contributed by atoms with E-state index in [2.05, 4.69) is 267 Å². The minimum atomic E-state index is -2.71. The van der Waals surface area contributed by atoms with Crippen molar-refractivity contribution >= 4 is 70.1 Å². The van der Waals surface area contributed by atoms with Gasteiger partial charge in [0.25, 0.3) is 0 Å². The van der Waals surface area contributed by atoms with Gasteiger partial charge < -0.3 is 0 Å². The van der Waals surface area contributed by atoms with Gasteiger partial charge in [-0.2, -0.15) is 0 Å². The average molecular weight is 951 g/mol. The molecule has 0 aliphatic carbocycles. The third kappa shape index (κ3) is 9.41. The van der Waals surface area contributed by atoms with Crippen molar-refractivity contribution in [1.29, 1.82) is 0 Å². The molecule has 12 rings (SSSR count). The van der Waals surface area contributed by atoms with E-state index in [4.69, 9.17) is 14.2 Å². The van der Waals surface area contributed by atoms with E-state index in [1.807, 2.05) is 0 Å². The molecule has 0 N–H and O–H groups in total. The molecule has 0 amide bonds. The highest BCUT2D eigenvalue weighted by atomic mass is 31.2. The largest absolute Gasteiger partial charge is 0.291 e. The molecule has 8 bridgehead atoms. The molecule has 0 unspecified atom stereocenters. The first-order valence-electron chi connectivity index (χ1n) is 24.1. The van der Waals surface area contributed by atoms with Crippen LogP contribution in [0.4, 0.5) is 17.1 Å². The maximum absolute atomic E-state index is 6.31. The summed E-state index contributed by atoms with van der Waals surface area (Å²) in [4.78, 5) is 2.58. The predicted octanol–water partition coefficient (Wildman–Crippen LogP) is 14.4. The van der Waals surface area contributed by atoms with Crippen LogP contribution in [0.3, 0.4) is 0 Å². The lowest BCUT2D eigenvalue weighted by Gasteiger charge is -2.44. The standard InChI is InChI=1S/C62H57N4P3/c1-62-47-67(56-29-8-2-9-30-56,57-31-10-3-11-32-57)63-53-26-20-23-50(41-53)44-66(45-51-24-21-27-54(42-51)64-68(48-62,58-33-12-4-13-34-58)59-35-14-5-15-36-59)46-52-25-22-28-55(43-52)65-69(49-62,60-37-16-6-17-38-60)61-39-18-7-19-40-61/h2-43H,44-49H2,1H3. The Labute approximate surface area is 409 Å². The normalized spacial score (nSPS) is 19.3. The summed E-state index contributed by atoms with van der Waals surface area (Å²) in [6.45, 7) is 4.86. The molecule has 0 fully saturated rings. The van der Waals surface area contributed by atoms with Crippen LogP contribution in [0.1, 0.15) is 23.6 Å². The molecule has 3 aliphatic heterocycles. The van der Waals surface area contributed by atoms with Crippen molar-refractivity contribution in [3.63, 3.8) is 0 Å². The Morgan fingerprint density at radius 1 is 0.304 bits per heavy atom. The topological polar surface area (TPSA) is 40.3 Å². The highest BCUT2D eigenvalue weighted by Crippen LogP contribution is 2.64. The van der Waals surface area contributed by atoms with Crippen LogP contribution in [0.25, 0.3) is 0 Å². The van der Waals surface area contributed by atoms with E-state index in [-0.39, 0.29) is 0 Å². The molecular formula is C62H57N4P3. The van der Waals surface area contributed by atoms with Crippen LogP contribution in [0.5, 0.6) is 0 Å². The zero-order chi connectivity index (χ0) is 46.6. The van der Waals surface area contributed by atoms with Gasteiger partial charge in [0.2, 0.25) is 0 Å². The molecule has 3 aliphatic rings. The van der Waals surface area contributed by atoms with E-state index < -0.39 is 26.6 Å². The predicted molar refractivity (Wildman–Crippen MR) is 298 cm³/mol. The third-order valence-electron chi connectivity index (χ3n) is 13.7. The Hall–Kier alpha value is -6.37. The van der Waals surface area contributed by atoms with E-state index in [1.165, 1.54) is 48.5 Å². The molecule has 0 saturated heterocycles. The number of benzene rings is 9. The molecule has 7 heteroatoms. The quantitative estimate of drug-likeness (QED) is 0.153. The first kappa shape index (κ1) is 45.1. The number of fused-ring (bicyclic) bond motifs is 3. The van der Waals surface area contributed by atoms with Crippen molar-refractivity contribution < 1.29 is 0 Å². The molecular weight excluding hydrogens is 894 g/mol. The van der Waals surface area contributed by atoms with Crippen LogP contribution >= 0.6 is 21.2 Å². The van der Waals surface area contributed by atoms with Gasteiger partial charge in [0.15, 0.2) is 0 Å². The van der Waals surface area contributed by atoms with Crippen molar-refractivity contribution in [2.75, 3.05) is 18.5 Å². The fourth-order valence-electron chi connectivity index (χ4n) is 11.0. The van der Waals surface area contributed by atoms with Gasteiger partial charge in [-0.15, -0.1) is 0 Å².